The zero-order valence-corrected chi connectivity index (χ0v) is 21.5. The third-order valence-corrected chi connectivity index (χ3v) is 7.07. The number of nitrogens with zero attached hydrogens (tertiary/aromatic N) is 2. The number of rotatable bonds is 10. The smallest absolute Gasteiger partial charge is 0.244 e. The Bertz CT molecular complexity index is 1110. The normalized spacial score (nSPS) is 12.2. The molecule has 33 heavy (non-hydrogen) atoms. The van der Waals surface area contributed by atoms with Gasteiger partial charge in [0.2, 0.25) is 21.8 Å². The monoisotopic (exact) mass is 513 g/mol. The van der Waals surface area contributed by atoms with Crippen LogP contribution in [-0.4, -0.2) is 50.5 Å². The highest BCUT2D eigenvalue weighted by molar-refractivity contribution is 7.92. The topological polar surface area (TPSA) is 86.8 Å². The predicted molar refractivity (Wildman–Crippen MR) is 133 cm³/mol. The molecule has 2 aromatic rings. The number of carbonyl (C=O) groups is 2. The number of sulfonamides is 1. The molecule has 0 aromatic heterocycles. The van der Waals surface area contributed by atoms with Crippen LogP contribution in [0.5, 0.6) is 0 Å². The van der Waals surface area contributed by atoms with E-state index in [0.717, 1.165) is 16.1 Å². The number of hydrogen-bond acceptors (Lipinski definition) is 4. The minimum atomic E-state index is -3.82. The molecule has 0 fully saturated rings. The Morgan fingerprint density at radius 3 is 2.27 bits per heavy atom. The molecule has 2 rings (SSSR count). The van der Waals surface area contributed by atoms with Crippen LogP contribution in [-0.2, 0) is 26.2 Å². The van der Waals surface area contributed by atoms with E-state index in [1.165, 1.54) is 11.0 Å². The molecule has 0 heterocycles. The minimum absolute atomic E-state index is 0.0560. The quantitative estimate of drug-likeness (QED) is 0.519. The van der Waals surface area contributed by atoms with Crippen molar-refractivity contribution in [3.05, 3.63) is 63.6 Å². The summed E-state index contributed by atoms with van der Waals surface area (Å²) in [6, 6.07) is 11.0. The number of benzene rings is 2. The van der Waals surface area contributed by atoms with Crippen LogP contribution < -0.4 is 9.62 Å². The van der Waals surface area contributed by atoms with Gasteiger partial charge in [-0.1, -0.05) is 54.4 Å². The van der Waals surface area contributed by atoms with Gasteiger partial charge in [0.25, 0.3) is 0 Å². The van der Waals surface area contributed by atoms with Gasteiger partial charge in [-0.05, 0) is 49.6 Å². The lowest BCUT2D eigenvalue weighted by Crippen LogP contribution is -2.52. The van der Waals surface area contributed by atoms with Gasteiger partial charge in [-0.15, -0.1) is 0 Å². The molecule has 1 unspecified atom stereocenters. The second kappa shape index (κ2) is 11.7. The molecule has 10 heteroatoms. The molecule has 0 radical (unpaired) electrons. The van der Waals surface area contributed by atoms with Gasteiger partial charge in [-0.25, -0.2) is 8.42 Å². The Morgan fingerprint density at radius 2 is 1.73 bits per heavy atom. The zero-order valence-electron chi connectivity index (χ0n) is 19.1. The molecule has 0 aliphatic rings. The molecular weight excluding hydrogens is 485 g/mol. The fourth-order valence-corrected chi connectivity index (χ4v) is 4.58. The molecule has 1 N–H and O–H groups in total. The molecule has 2 aromatic carbocycles. The van der Waals surface area contributed by atoms with E-state index in [0.29, 0.717) is 28.6 Å². The SMILES string of the molecule is CCNC(=O)C(CC)N(Cc1ccccc1Cl)C(=O)CN(c1ccc(C)c(Cl)c1)S(C)(=O)=O. The number of hydrogen-bond donors (Lipinski definition) is 1. The van der Waals surface area contributed by atoms with E-state index in [9.17, 15) is 18.0 Å². The van der Waals surface area contributed by atoms with Gasteiger partial charge in [0.1, 0.15) is 12.6 Å². The van der Waals surface area contributed by atoms with E-state index in [1.807, 2.05) is 0 Å². The average molecular weight is 514 g/mol. The zero-order chi connectivity index (χ0) is 24.8. The van der Waals surface area contributed by atoms with Gasteiger partial charge >= 0.3 is 0 Å². The summed E-state index contributed by atoms with van der Waals surface area (Å²) < 4.78 is 26.2. The summed E-state index contributed by atoms with van der Waals surface area (Å²) in [5, 5.41) is 3.58. The summed E-state index contributed by atoms with van der Waals surface area (Å²) in [5.74, 6) is -0.847. The van der Waals surface area contributed by atoms with Crippen molar-refractivity contribution in [2.45, 2.75) is 39.8 Å². The standard InChI is InChI=1S/C23H29Cl2N3O4S/c1-5-21(23(30)26-6-2)27(14-17-9-7-8-10-19(17)24)22(29)15-28(33(4,31)32)18-12-11-16(3)20(25)13-18/h7-13,21H,5-6,14-15H2,1-4H3,(H,26,30). The Morgan fingerprint density at radius 1 is 1.06 bits per heavy atom. The number of amides is 2. The summed E-state index contributed by atoms with van der Waals surface area (Å²) in [5.41, 5.74) is 1.70. The van der Waals surface area contributed by atoms with E-state index in [1.54, 1.807) is 57.2 Å². The van der Waals surface area contributed by atoms with Crippen molar-refractivity contribution in [1.82, 2.24) is 10.2 Å². The van der Waals surface area contributed by atoms with E-state index >= 15 is 0 Å². The maximum Gasteiger partial charge on any atom is 0.244 e. The molecule has 0 bridgehead atoms. The average Bonchev–Trinajstić information content (AvgIpc) is 2.74. The van der Waals surface area contributed by atoms with E-state index in [2.05, 4.69) is 5.32 Å². The number of halogens is 2. The first kappa shape index (κ1) is 27.0. The van der Waals surface area contributed by atoms with Gasteiger partial charge in [-0.3, -0.25) is 13.9 Å². The third kappa shape index (κ3) is 7.09. The molecule has 0 aliphatic heterocycles. The third-order valence-electron chi connectivity index (χ3n) is 5.16. The van der Waals surface area contributed by atoms with Crippen LogP contribution >= 0.6 is 23.2 Å². The Kier molecular flexibility index (Phi) is 9.57. The van der Waals surface area contributed by atoms with Crippen LogP contribution in [0.1, 0.15) is 31.4 Å². The summed E-state index contributed by atoms with van der Waals surface area (Å²) in [4.78, 5) is 27.6. The van der Waals surface area contributed by atoms with Gasteiger partial charge in [0, 0.05) is 23.1 Å². The number of anilines is 1. The molecule has 0 aliphatic carbocycles. The van der Waals surface area contributed by atoms with Crippen LogP contribution in [0.2, 0.25) is 10.0 Å². The first-order chi connectivity index (χ1) is 15.5. The maximum absolute atomic E-state index is 13.5. The fraction of sp³-hybridized carbons (Fsp3) is 0.391. The van der Waals surface area contributed by atoms with Crippen LogP contribution in [0.25, 0.3) is 0 Å². The molecule has 1 atom stereocenters. The highest BCUT2D eigenvalue weighted by atomic mass is 35.5. The Balaban J connectivity index is 2.47. The number of carbonyl (C=O) groups excluding carboxylic acids is 2. The van der Waals surface area contributed by atoms with Crippen LogP contribution in [0, 0.1) is 6.92 Å². The van der Waals surface area contributed by atoms with Crippen molar-refractivity contribution >= 4 is 50.7 Å². The van der Waals surface area contributed by atoms with Crippen molar-refractivity contribution in [2.24, 2.45) is 0 Å². The number of nitrogens with one attached hydrogen (secondary N) is 1. The molecule has 0 saturated heterocycles. The molecule has 7 nitrogen and oxygen atoms in total. The second-order valence-electron chi connectivity index (χ2n) is 7.63. The molecule has 180 valence electrons. The first-order valence-corrected chi connectivity index (χ1v) is 13.1. The van der Waals surface area contributed by atoms with Gasteiger partial charge in [0.05, 0.1) is 11.9 Å². The van der Waals surface area contributed by atoms with Crippen molar-refractivity contribution in [2.75, 3.05) is 23.7 Å². The largest absolute Gasteiger partial charge is 0.355 e. The maximum atomic E-state index is 13.5. The summed E-state index contributed by atoms with van der Waals surface area (Å²) in [6.45, 7) is 5.35. The molecule has 2 amide bonds. The molecule has 0 saturated carbocycles. The number of likely N-dealkylation sites (N-methyl/N-ethyl adjacent to an activating group) is 1. The lowest BCUT2D eigenvalue weighted by atomic mass is 10.1. The lowest BCUT2D eigenvalue weighted by molar-refractivity contribution is -0.140. The summed E-state index contributed by atoms with van der Waals surface area (Å²) >= 11 is 12.5. The minimum Gasteiger partial charge on any atom is -0.355 e. The van der Waals surface area contributed by atoms with Gasteiger partial charge in [0.15, 0.2) is 0 Å². The fourth-order valence-electron chi connectivity index (χ4n) is 3.37. The second-order valence-corrected chi connectivity index (χ2v) is 10.4. The molecule has 0 spiro atoms. The van der Waals surface area contributed by atoms with Crippen molar-refractivity contribution in [3.63, 3.8) is 0 Å². The highest BCUT2D eigenvalue weighted by Gasteiger charge is 2.32. The van der Waals surface area contributed by atoms with Gasteiger partial charge < -0.3 is 10.2 Å². The predicted octanol–water partition coefficient (Wildman–Crippen LogP) is 4.01. The van der Waals surface area contributed by atoms with Crippen LogP contribution in [0.4, 0.5) is 5.69 Å². The highest BCUT2D eigenvalue weighted by Crippen LogP contribution is 2.26. The molecular formula is C23H29Cl2N3O4S. The van der Waals surface area contributed by atoms with Gasteiger partial charge in [-0.2, -0.15) is 0 Å². The van der Waals surface area contributed by atoms with Crippen LogP contribution in [0.15, 0.2) is 42.5 Å². The van der Waals surface area contributed by atoms with Crippen molar-refractivity contribution in [1.29, 1.82) is 0 Å². The summed E-state index contributed by atoms with van der Waals surface area (Å²) in [7, 11) is -3.82. The van der Waals surface area contributed by atoms with Crippen molar-refractivity contribution in [3.8, 4) is 0 Å². The Labute approximate surface area is 205 Å². The first-order valence-electron chi connectivity index (χ1n) is 10.5. The summed E-state index contributed by atoms with van der Waals surface area (Å²) in [6.07, 6.45) is 1.37. The number of aryl methyl sites for hydroxylation is 1. The van der Waals surface area contributed by atoms with Crippen molar-refractivity contribution < 1.29 is 18.0 Å². The van der Waals surface area contributed by atoms with Crippen LogP contribution in [0.3, 0.4) is 0 Å². The van der Waals surface area contributed by atoms with E-state index < -0.39 is 28.5 Å². The van der Waals surface area contributed by atoms with E-state index in [-0.39, 0.29) is 18.1 Å². The Hall–Kier alpha value is -2.29. The van der Waals surface area contributed by atoms with E-state index in [4.69, 9.17) is 23.2 Å². The lowest BCUT2D eigenvalue weighted by Gasteiger charge is -2.33.